The summed E-state index contributed by atoms with van der Waals surface area (Å²) < 4.78 is 26.1. The molecule has 1 saturated heterocycles. The Morgan fingerprint density at radius 1 is 1.47 bits per heavy atom. The molecule has 0 bridgehead atoms. The smallest absolute Gasteiger partial charge is 0.270 e. The van der Waals surface area contributed by atoms with Crippen LogP contribution in [0.2, 0.25) is 0 Å². The van der Waals surface area contributed by atoms with E-state index in [-0.39, 0.29) is 17.4 Å². The molecule has 1 aromatic rings. The average Bonchev–Trinajstić information content (AvgIpc) is 2.72. The molecule has 1 atom stereocenters. The van der Waals surface area contributed by atoms with Gasteiger partial charge in [0.15, 0.2) is 0 Å². The van der Waals surface area contributed by atoms with Crippen LogP contribution in [-0.4, -0.2) is 24.2 Å². The predicted octanol–water partition coefficient (Wildman–Crippen LogP) is 2.28. The number of rotatable bonds is 3. The summed E-state index contributed by atoms with van der Waals surface area (Å²) in [6.45, 7) is 2.57. The zero-order valence-corrected chi connectivity index (χ0v) is 9.63. The van der Waals surface area contributed by atoms with Gasteiger partial charge >= 0.3 is 0 Å². The van der Waals surface area contributed by atoms with Crippen molar-refractivity contribution in [1.82, 2.24) is 5.32 Å². The van der Waals surface area contributed by atoms with Gasteiger partial charge in [0, 0.05) is 25.1 Å². The molecular weight excluding hydrogens is 226 g/mol. The number of alkyl halides is 2. The summed E-state index contributed by atoms with van der Waals surface area (Å²) >= 11 is 0. The van der Waals surface area contributed by atoms with Gasteiger partial charge in [-0.1, -0.05) is 6.07 Å². The van der Waals surface area contributed by atoms with E-state index in [1.807, 2.05) is 0 Å². The van der Waals surface area contributed by atoms with Crippen molar-refractivity contribution in [1.29, 1.82) is 0 Å². The third-order valence-electron chi connectivity index (χ3n) is 2.92. The number of phenolic OH excluding ortho intramolecular Hbond substituents is 1. The summed E-state index contributed by atoms with van der Waals surface area (Å²) in [4.78, 5) is 0. The van der Waals surface area contributed by atoms with E-state index < -0.39 is 5.92 Å². The van der Waals surface area contributed by atoms with Gasteiger partial charge in [0.05, 0.1) is 5.69 Å². The molecule has 1 aliphatic heterocycles. The van der Waals surface area contributed by atoms with E-state index in [0.717, 1.165) is 32.5 Å². The number of nitrogens with one attached hydrogen (secondary N) is 2. The monoisotopic (exact) mass is 242 g/mol. The Morgan fingerprint density at radius 3 is 2.76 bits per heavy atom. The van der Waals surface area contributed by atoms with Crippen molar-refractivity contribution in [3.05, 3.63) is 23.8 Å². The third kappa shape index (κ3) is 2.85. The molecule has 1 unspecified atom stereocenters. The number of phenols is 1. The van der Waals surface area contributed by atoms with Crippen LogP contribution in [-0.2, 0) is 5.92 Å². The molecular formula is C12H16F2N2O. The van der Waals surface area contributed by atoms with E-state index in [1.165, 1.54) is 12.1 Å². The van der Waals surface area contributed by atoms with Gasteiger partial charge in [-0.2, -0.15) is 0 Å². The van der Waals surface area contributed by atoms with Crippen LogP contribution in [0.5, 0.6) is 5.75 Å². The van der Waals surface area contributed by atoms with Crippen LogP contribution in [0.3, 0.4) is 0 Å². The van der Waals surface area contributed by atoms with Gasteiger partial charge in [-0.3, -0.25) is 0 Å². The zero-order valence-electron chi connectivity index (χ0n) is 9.63. The van der Waals surface area contributed by atoms with Crippen molar-refractivity contribution < 1.29 is 13.9 Å². The van der Waals surface area contributed by atoms with Crippen LogP contribution in [0.1, 0.15) is 18.9 Å². The first-order chi connectivity index (χ1) is 7.97. The molecule has 5 heteroatoms. The first-order valence-corrected chi connectivity index (χ1v) is 5.65. The lowest BCUT2D eigenvalue weighted by atomic mass is 10.1. The molecule has 1 heterocycles. The molecule has 3 nitrogen and oxygen atoms in total. The number of halogens is 2. The van der Waals surface area contributed by atoms with Crippen LogP contribution in [0.25, 0.3) is 0 Å². The molecule has 3 N–H and O–H groups in total. The molecule has 2 rings (SSSR count). The van der Waals surface area contributed by atoms with E-state index in [9.17, 15) is 13.9 Å². The minimum absolute atomic E-state index is 0.129. The molecule has 1 aromatic carbocycles. The van der Waals surface area contributed by atoms with E-state index in [4.69, 9.17) is 0 Å². The fraction of sp³-hybridized carbons (Fsp3) is 0.500. The highest BCUT2D eigenvalue weighted by Gasteiger charge is 2.25. The molecule has 0 radical (unpaired) electrons. The number of benzene rings is 1. The third-order valence-corrected chi connectivity index (χ3v) is 2.92. The number of anilines is 1. The van der Waals surface area contributed by atoms with Crippen LogP contribution in [0, 0.1) is 0 Å². The van der Waals surface area contributed by atoms with Gasteiger partial charge in [-0.05, 0) is 25.1 Å². The Bertz CT molecular complexity index is 398. The fourth-order valence-electron chi connectivity index (χ4n) is 1.92. The maximum absolute atomic E-state index is 13.0. The Labute approximate surface area is 98.8 Å². The number of hydrogen-bond donors (Lipinski definition) is 3. The second kappa shape index (κ2) is 4.49. The maximum atomic E-state index is 13.0. The number of hydrogen-bond acceptors (Lipinski definition) is 3. The van der Waals surface area contributed by atoms with Crippen molar-refractivity contribution in [3.8, 4) is 5.75 Å². The van der Waals surface area contributed by atoms with Crippen molar-refractivity contribution in [2.75, 3.05) is 18.4 Å². The van der Waals surface area contributed by atoms with Crippen molar-refractivity contribution in [2.45, 2.75) is 25.3 Å². The fourth-order valence-corrected chi connectivity index (χ4v) is 1.92. The van der Waals surface area contributed by atoms with Crippen molar-refractivity contribution >= 4 is 5.69 Å². The topological polar surface area (TPSA) is 44.3 Å². The van der Waals surface area contributed by atoms with Gasteiger partial charge in [0.2, 0.25) is 0 Å². The van der Waals surface area contributed by atoms with E-state index in [1.54, 1.807) is 0 Å². The SMILES string of the molecule is CC(F)(F)c1ccc(NC2CCNC2)c(O)c1. The summed E-state index contributed by atoms with van der Waals surface area (Å²) in [6, 6.07) is 4.20. The highest BCUT2D eigenvalue weighted by Crippen LogP contribution is 2.33. The first kappa shape index (κ1) is 12.1. The van der Waals surface area contributed by atoms with Gasteiger partial charge < -0.3 is 15.7 Å². The minimum atomic E-state index is -2.93. The Kier molecular flexibility index (Phi) is 3.19. The van der Waals surface area contributed by atoms with Crippen LogP contribution < -0.4 is 10.6 Å². The van der Waals surface area contributed by atoms with E-state index in [2.05, 4.69) is 10.6 Å². The van der Waals surface area contributed by atoms with Crippen LogP contribution in [0.15, 0.2) is 18.2 Å². The largest absolute Gasteiger partial charge is 0.506 e. The lowest BCUT2D eigenvalue weighted by Gasteiger charge is -2.16. The van der Waals surface area contributed by atoms with E-state index in [0.29, 0.717) is 5.69 Å². The molecule has 1 fully saturated rings. The average molecular weight is 242 g/mol. The Balaban J connectivity index is 2.14. The first-order valence-electron chi connectivity index (χ1n) is 5.65. The van der Waals surface area contributed by atoms with Crippen LogP contribution >= 0.6 is 0 Å². The minimum Gasteiger partial charge on any atom is -0.506 e. The standard InChI is InChI=1S/C12H16F2N2O/c1-12(13,14)8-2-3-10(11(17)6-8)16-9-4-5-15-7-9/h2-3,6,9,15-17H,4-5,7H2,1H3. The summed E-state index contributed by atoms with van der Waals surface area (Å²) in [6.07, 6.45) is 0.963. The summed E-state index contributed by atoms with van der Waals surface area (Å²) in [7, 11) is 0. The summed E-state index contributed by atoms with van der Waals surface area (Å²) in [5.41, 5.74) is 0.330. The molecule has 0 saturated carbocycles. The molecule has 0 aromatic heterocycles. The predicted molar refractivity (Wildman–Crippen MR) is 62.6 cm³/mol. The highest BCUT2D eigenvalue weighted by atomic mass is 19.3. The van der Waals surface area contributed by atoms with Crippen LogP contribution in [0.4, 0.5) is 14.5 Å². The van der Waals surface area contributed by atoms with Gasteiger partial charge in [-0.25, -0.2) is 8.78 Å². The Morgan fingerprint density at radius 2 is 2.24 bits per heavy atom. The highest BCUT2D eigenvalue weighted by molar-refractivity contribution is 5.58. The summed E-state index contributed by atoms with van der Waals surface area (Å²) in [5, 5.41) is 16.0. The van der Waals surface area contributed by atoms with Gasteiger partial charge in [0.1, 0.15) is 5.75 Å². The number of aromatic hydroxyl groups is 1. The summed E-state index contributed by atoms with van der Waals surface area (Å²) in [5.74, 6) is -3.05. The quantitative estimate of drug-likeness (QED) is 0.712. The second-order valence-corrected chi connectivity index (χ2v) is 4.45. The lowest BCUT2D eigenvalue weighted by molar-refractivity contribution is 0.0173. The molecule has 17 heavy (non-hydrogen) atoms. The van der Waals surface area contributed by atoms with E-state index >= 15 is 0 Å². The lowest BCUT2D eigenvalue weighted by Crippen LogP contribution is -2.22. The molecule has 0 amide bonds. The molecule has 94 valence electrons. The molecule has 0 spiro atoms. The molecule has 0 aliphatic carbocycles. The van der Waals surface area contributed by atoms with Gasteiger partial charge in [0.25, 0.3) is 5.92 Å². The zero-order chi connectivity index (χ0) is 12.5. The Hall–Kier alpha value is -1.36. The molecule has 1 aliphatic rings. The van der Waals surface area contributed by atoms with Gasteiger partial charge in [-0.15, -0.1) is 0 Å². The normalized spacial score (nSPS) is 20.5. The maximum Gasteiger partial charge on any atom is 0.270 e. The van der Waals surface area contributed by atoms with Crippen molar-refractivity contribution in [2.24, 2.45) is 0 Å². The second-order valence-electron chi connectivity index (χ2n) is 4.45. The van der Waals surface area contributed by atoms with Crippen molar-refractivity contribution in [3.63, 3.8) is 0 Å².